The van der Waals surface area contributed by atoms with Crippen LogP contribution in [0.4, 0.5) is 0 Å². The summed E-state index contributed by atoms with van der Waals surface area (Å²) in [6.45, 7) is 2.59. The van der Waals surface area contributed by atoms with Gasteiger partial charge in [0.05, 0.1) is 22.5 Å². The molecular formula is C20H19ClN4O2. The van der Waals surface area contributed by atoms with Gasteiger partial charge in [-0.1, -0.05) is 23.7 Å². The van der Waals surface area contributed by atoms with Gasteiger partial charge in [-0.05, 0) is 48.9 Å². The summed E-state index contributed by atoms with van der Waals surface area (Å²) in [6, 6.07) is 14.0. The van der Waals surface area contributed by atoms with E-state index in [1.807, 2.05) is 25.3 Å². The van der Waals surface area contributed by atoms with Crippen molar-refractivity contribution in [2.45, 2.75) is 6.92 Å². The number of rotatable bonds is 6. The zero-order valence-corrected chi connectivity index (χ0v) is 15.5. The number of carbonyl (C=O) groups excluding carboxylic acids is 2. The normalized spacial score (nSPS) is 10.4. The molecule has 2 N–H and O–H groups in total. The van der Waals surface area contributed by atoms with E-state index in [9.17, 15) is 9.59 Å². The lowest BCUT2D eigenvalue weighted by atomic mass is 10.2. The maximum absolute atomic E-state index is 12.2. The van der Waals surface area contributed by atoms with Crippen molar-refractivity contribution in [1.29, 1.82) is 0 Å². The summed E-state index contributed by atoms with van der Waals surface area (Å²) >= 11 is 5.98. The van der Waals surface area contributed by atoms with E-state index in [0.29, 0.717) is 29.2 Å². The van der Waals surface area contributed by atoms with Gasteiger partial charge in [0.1, 0.15) is 0 Å². The molecule has 0 unspecified atom stereocenters. The average molecular weight is 383 g/mol. The molecule has 0 fully saturated rings. The molecule has 7 heteroatoms. The van der Waals surface area contributed by atoms with Gasteiger partial charge in [-0.25, -0.2) is 4.68 Å². The molecular weight excluding hydrogens is 364 g/mol. The number of aryl methyl sites for hydroxylation is 1. The fourth-order valence-corrected chi connectivity index (χ4v) is 2.74. The van der Waals surface area contributed by atoms with E-state index >= 15 is 0 Å². The summed E-state index contributed by atoms with van der Waals surface area (Å²) in [4.78, 5) is 24.2. The highest BCUT2D eigenvalue weighted by atomic mass is 35.5. The molecule has 0 aliphatic carbocycles. The number of hydrogen-bond acceptors (Lipinski definition) is 3. The second-order valence-electron chi connectivity index (χ2n) is 6.00. The monoisotopic (exact) mass is 382 g/mol. The molecule has 0 atom stereocenters. The van der Waals surface area contributed by atoms with Crippen LogP contribution in [0.3, 0.4) is 0 Å². The van der Waals surface area contributed by atoms with Crippen molar-refractivity contribution in [3.8, 4) is 5.69 Å². The Morgan fingerprint density at radius 2 is 1.67 bits per heavy atom. The zero-order valence-electron chi connectivity index (χ0n) is 14.8. The zero-order chi connectivity index (χ0) is 19.2. The van der Waals surface area contributed by atoms with E-state index < -0.39 is 0 Å². The molecule has 0 aliphatic heterocycles. The van der Waals surface area contributed by atoms with E-state index in [1.165, 1.54) is 0 Å². The van der Waals surface area contributed by atoms with E-state index in [-0.39, 0.29) is 11.8 Å². The minimum Gasteiger partial charge on any atom is -0.350 e. The third-order valence-electron chi connectivity index (χ3n) is 3.92. The fraction of sp³-hybridized carbons (Fsp3) is 0.150. The Morgan fingerprint density at radius 1 is 1.00 bits per heavy atom. The Labute approximate surface area is 162 Å². The number of nitrogens with zero attached hydrogens (tertiary/aromatic N) is 2. The summed E-state index contributed by atoms with van der Waals surface area (Å²) < 4.78 is 1.75. The van der Waals surface area contributed by atoms with Crippen molar-refractivity contribution < 1.29 is 9.59 Å². The minimum absolute atomic E-state index is 0.204. The Bertz CT molecular complexity index is 951. The van der Waals surface area contributed by atoms with Gasteiger partial charge in [0.15, 0.2) is 0 Å². The predicted molar refractivity (Wildman–Crippen MR) is 104 cm³/mol. The van der Waals surface area contributed by atoms with Crippen LogP contribution in [0.5, 0.6) is 0 Å². The Balaban J connectivity index is 1.48. The van der Waals surface area contributed by atoms with Gasteiger partial charge in [0.2, 0.25) is 0 Å². The van der Waals surface area contributed by atoms with Crippen molar-refractivity contribution in [2.75, 3.05) is 13.1 Å². The topological polar surface area (TPSA) is 76.0 Å². The second-order valence-corrected chi connectivity index (χ2v) is 6.41. The van der Waals surface area contributed by atoms with Gasteiger partial charge in [0, 0.05) is 24.8 Å². The Kier molecular flexibility index (Phi) is 5.88. The lowest BCUT2D eigenvalue weighted by Crippen LogP contribution is -2.34. The predicted octanol–water partition coefficient (Wildman–Crippen LogP) is 2.99. The first-order valence-electron chi connectivity index (χ1n) is 8.47. The van der Waals surface area contributed by atoms with Crippen LogP contribution >= 0.6 is 11.6 Å². The van der Waals surface area contributed by atoms with Crippen molar-refractivity contribution >= 4 is 23.4 Å². The van der Waals surface area contributed by atoms with Crippen LogP contribution in [0.1, 0.15) is 26.3 Å². The molecule has 3 aromatic rings. The summed E-state index contributed by atoms with van der Waals surface area (Å²) in [5, 5.41) is 10.1. The number of amides is 2. The van der Waals surface area contributed by atoms with Crippen LogP contribution in [0.2, 0.25) is 5.02 Å². The third-order valence-corrected chi connectivity index (χ3v) is 4.25. The van der Waals surface area contributed by atoms with Crippen LogP contribution in [0.25, 0.3) is 5.69 Å². The third kappa shape index (κ3) is 4.74. The second kappa shape index (κ2) is 8.51. The summed E-state index contributed by atoms with van der Waals surface area (Å²) in [5.41, 5.74) is 2.90. The van der Waals surface area contributed by atoms with Gasteiger partial charge in [0.25, 0.3) is 11.8 Å². The first-order chi connectivity index (χ1) is 13.0. The average Bonchev–Trinajstić information content (AvgIpc) is 3.12. The highest BCUT2D eigenvalue weighted by Gasteiger charge is 2.09. The van der Waals surface area contributed by atoms with Crippen molar-refractivity contribution in [1.82, 2.24) is 20.4 Å². The van der Waals surface area contributed by atoms with Gasteiger partial charge < -0.3 is 10.6 Å². The minimum atomic E-state index is -0.270. The molecule has 2 aromatic carbocycles. The van der Waals surface area contributed by atoms with Gasteiger partial charge in [-0.15, -0.1) is 0 Å². The van der Waals surface area contributed by atoms with Crippen LogP contribution in [0, 0.1) is 6.92 Å². The van der Waals surface area contributed by atoms with Gasteiger partial charge >= 0.3 is 0 Å². The van der Waals surface area contributed by atoms with E-state index in [1.54, 1.807) is 47.3 Å². The van der Waals surface area contributed by atoms with Crippen LogP contribution < -0.4 is 10.6 Å². The lowest BCUT2D eigenvalue weighted by Gasteiger charge is -2.08. The summed E-state index contributed by atoms with van der Waals surface area (Å²) in [6.07, 6.45) is 3.69. The largest absolute Gasteiger partial charge is 0.350 e. The van der Waals surface area contributed by atoms with Crippen LogP contribution in [-0.2, 0) is 0 Å². The summed E-state index contributed by atoms with van der Waals surface area (Å²) in [5.74, 6) is -0.473. The number of benzene rings is 2. The molecule has 138 valence electrons. The molecule has 1 heterocycles. The quantitative estimate of drug-likeness (QED) is 0.643. The van der Waals surface area contributed by atoms with E-state index in [0.717, 1.165) is 11.3 Å². The number of carbonyl (C=O) groups is 2. The molecule has 0 radical (unpaired) electrons. The molecule has 2 amide bonds. The lowest BCUT2D eigenvalue weighted by molar-refractivity contribution is 0.0927. The molecule has 6 nitrogen and oxygen atoms in total. The van der Waals surface area contributed by atoms with Crippen molar-refractivity contribution in [2.24, 2.45) is 0 Å². The number of nitrogens with one attached hydrogen (secondary N) is 2. The van der Waals surface area contributed by atoms with E-state index in [4.69, 9.17) is 11.6 Å². The molecule has 0 saturated carbocycles. The highest BCUT2D eigenvalue weighted by molar-refractivity contribution is 6.33. The SMILES string of the molecule is Cc1cnn(-c2ccc(C(=O)NCCNC(=O)c3ccccc3Cl)cc2)c1. The Hall–Kier alpha value is -3.12. The maximum atomic E-state index is 12.2. The summed E-state index contributed by atoms with van der Waals surface area (Å²) in [7, 11) is 0. The molecule has 27 heavy (non-hydrogen) atoms. The van der Waals surface area contributed by atoms with Crippen LogP contribution in [-0.4, -0.2) is 34.7 Å². The first kappa shape index (κ1) is 18.7. The van der Waals surface area contributed by atoms with Crippen molar-refractivity contribution in [3.63, 3.8) is 0 Å². The van der Waals surface area contributed by atoms with Crippen LogP contribution in [0.15, 0.2) is 60.9 Å². The van der Waals surface area contributed by atoms with Gasteiger partial charge in [-0.2, -0.15) is 5.10 Å². The standard InChI is InChI=1S/C20H19ClN4O2/c1-14-12-24-25(13-14)16-8-6-15(7-9-16)19(26)22-10-11-23-20(27)17-4-2-3-5-18(17)21/h2-9,12-13H,10-11H2,1H3,(H,22,26)(H,23,27). The first-order valence-corrected chi connectivity index (χ1v) is 8.85. The molecule has 0 spiro atoms. The van der Waals surface area contributed by atoms with Gasteiger partial charge in [-0.3, -0.25) is 9.59 Å². The van der Waals surface area contributed by atoms with Crippen molar-refractivity contribution in [3.05, 3.63) is 82.6 Å². The van der Waals surface area contributed by atoms with E-state index in [2.05, 4.69) is 15.7 Å². The number of aromatic nitrogens is 2. The molecule has 3 rings (SSSR count). The highest BCUT2D eigenvalue weighted by Crippen LogP contribution is 2.14. The molecule has 0 aliphatic rings. The molecule has 1 aromatic heterocycles. The smallest absolute Gasteiger partial charge is 0.252 e. The maximum Gasteiger partial charge on any atom is 0.252 e. The fourth-order valence-electron chi connectivity index (χ4n) is 2.51. The molecule has 0 bridgehead atoms. The number of halogens is 1. The Morgan fingerprint density at radius 3 is 2.30 bits per heavy atom. The number of hydrogen-bond donors (Lipinski definition) is 2. The molecule has 0 saturated heterocycles.